The number of rotatable bonds is 5. The molecule has 0 radical (unpaired) electrons. The summed E-state index contributed by atoms with van der Waals surface area (Å²) in [4.78, 5) is 23.9. The van der Waals surface area contributed by atoms with Crippen molar-refractivity contribution in [3.05, 3.63) is 0 Å². The van der Waals surface area contributed by atoms with Crippen LogP contribution < -0.4 is 0 Å². The van der Waals surface area contributed by atoms with Crippen molar-refractivity contribution in [1.82, 2.24) is 4.90 Å². The average Bonchev–Trinajstić information content (AvgIpc) is 2.75. The number of ether oxygens (including phenoxy) is 1. The Balaban J connectivity index is 2.54. The minimum Gasteiger partial charge on any atom is -0.480 e. The number of nitrogens with zero attached hydrogens (tertiary/aromatic N) is 1. The fourth-order valence-electron chi connectivity index (χ4n) is 2.03. The van der Waals surface area contributed by atoms with E-state index < -0.39 is 12.1 Å². The van der Waals surface area contributed by atoms with E-state index in [-0.39, 0.29) is 18.5 Å². The second kappa shape index (κ2) is 6.47. The van der Waals surface area contributed by atoms with Crippen molar-refractivity contribution in [3.63, 3.8) is 0 Å². The first-order valence-electron chi connectivity index (χ1n) is 6.16. The molecule has 1 fully saturated rings. The lowest BCUT2D eigenvalue weighted by Crippen LogP contribution is -2.42. The summed E-state index contributed by atoms with van der Waals surface area (Å²) < 4.78 is 5.10. The fourth-order valence-corrected chi connectivity index (χ4v) is 2.03. The van der Waals surface area contributed by atoms with Crippen LogP contribution in [0.15, 0.2) is 0 Å². The number of carbonyl (C=O) groups is 2. The van der Waals surface area contributed by atoms with Crippen molar-refractivity contribution in [3.8, 4) is 0 Å². The molecule has 17 heavy (non-hydrogen) atoms. The average molecular weight is 243 g/mol. The van der Waals surface area contributed by atoms with Crippen LogP contribution in [0.3, 0.4) is 0 Å². The predicted octanol–water partition coefficient (Wildman–Crippen LogP) is 2.11. The normalized spacial score (nSPS) is 16.2. The zero-order valence-electron chi connectivity index (χ0n) is 10.5. The molecule has 1 saturated carbocycles. The molecule has 0 spiro atoms. The van der Waals surface area contributed by atoms with E-state index in [0.717, 1.165) is 25.7 Å². The first-order chi connectivity index (χ1) is 8.00. The van der Waals surface area contributed by atoms with Gasteiger partial charge in [-0.05, 0) is 18.8 Å². The number of carboxylic acid groups (broad SMARTS) is 1. The third-order valence-corrected chi connectivity index (χ3v) is 2.85. The van der Waals surface area contributed by atoms with Gasteiger partial charge in [0.15, 0.2) is 0 Å². The van der Waals surface area contributed by atoms with E-state index in [1.54, 1.807) is 0 Å². The van der Waals surface area contributed by atoms with Crippen molar-refractivity contribution in [2.75, 3.05) is 13.2 Å². The third kappa shape index (κ3) is 4.63. The number of carboxylic acids is 1. The smallest absolute Gasteiger partial charge is 0.410 e. The van der Waals surface area contributed by atoms with Crippen LogP contribution in [0, 0.1) is 5.92 Å². The maximum Gasteiger partial charge on any atom is 0.410 e. The maximum absolute atomic E-state index is 11.8. The van der Waals surface area contributed by atoms with E-state index in [1.807, 2.05) is 13.8 Å². The van der Waals surface area contributed by atoms with Gasteiger partial charge >= 0.3 is 12.1 Å². The Hall–Kier alpha value is -1.26. The molecule has 0 saturated heterocycles. The minimum atomic E-state index is -0.988. The van der Waals surface area contributed by atoms with Gasteiger partial charge in [0.25, 0.3) is 0 Å². The number of hydrogen-bond acceptors (Lipinski definition) is 3. The highest BCUT2D eigenvalue weighted by molar-refractivity contribution is 5.77. The Bertz CT molecular complexity index is 272. The van der Waals surface area contributed by atoms with Crippen molar-refractivity contribution in [2.24, 2.45) is 5.92 Å². The van der Waals surface area contributed by atoms with Gasteiger partial charge in [-0.2, -0.15) is 0 Å². The Morgan fingerprint density at radius 3 is 2.41 bits per heavy atom. The fraction of sp³-hybridized carbons (Fsp3) is 0.833. The summed E-state index contributed by atoms with van der Waals surface area (Å²) in [5.74, 6) is -0.729. The van der Waals surface area contributed by atoms with Crippen LogP contribution in [-0.4, -0.2) is 41.3 Å². The number of amides is 1. The van der Waals surface area contributed by atoms with E-state index in [2.05, 4.69) is 0 Å². The van der Waals surface area contributed by atoms with Crippen LogP contribution in [0.1, 0.15) is 39.5 Å². The van der Waals surface area contributed by atoms with Crippen molar-refractivity contribution in [1.29, 1.82) is 0 Å². The van der Waals surface area contributed by atoms with Gasteiger partial charge in [0.1, 0.15) is 6.54 Å². The molecule has 0 aromatic rings. The molecule has 1 aliphatic rings. The van der Waals surface area contributed by atoms with Crippen molar-refractivity contribution in [2.45, 2.75) is 45.6 Å². The molecule has 0 bridgehead atoms. The molecule has 1 amide bonds. The van der Waals surface area contributed by atoms with Crippen LogP contribution in [0.4, 0.5) is 4.79 Å². The molecule has 0 heterocycles. The maximum atomic E-state index is 11.8. The standard InChI is InChI=1S/C12H21NO4/c1-9(2)8-17-12(16)13(7-11(14)15)10-5-3-4-6-10/h9-10H,3-8H2,1-2H3,(H,14,15). The lowest BCUT2D eigenvalue weighted by molar-refractivity contribution is -0.138. The summed E-state index contributed by atoms with van der Waals surface area (Å²) in [5, 5.41) is 8.82. The molecule has 0 aliphatic heterocycles. The minimum absolute atomic E-state index is 0.0331. The van der Waals surface area contributed by atoms with Gasteiger partial charge in [-0.3, -0.25) is 9.69 Å². The number of hydrogen-bond donors (Lipinski definition) is 1. The molecule has 0 aromatic carbocycles. The molecule has 0 atom stereocenters. The van der Waals surface area contributed by atoms with Crippen LogP contribution in [-0.2, 0) is 9.53 Å². The first-order valence-corrected chi connectivity index (χ1v) is 6.16. The van der Waals surface area contributed by atoms with Crippen LogP contribution in [0.25, 0.3) is 0 Å². The van der Waals surface area contributed by atoms with Gasteiger partial charge in [-0.1, -0.05) is 26.7 Å². The molecule has 1 N–H and O–H groups in total. The SMILES string of the molecule is CC(C)COC(=O)N(CC(=O)O)C1CCCC1. The molecular formula is C12H21NO4. The summed E-state index contributed by atoms with van der Waals surface area (Å²) in [6, 6.07) is 0.0331. The van der Waals surface area contributed by atoms with Gasteiger partial charge in [-0.25, -0.2) is 4.79 Å². The summed E-state index contributed by atoms with van der Waals surface area (Å²) in [7, 11) is 0. The summed E-state index contributed by atoms with van der Waals surface area (Å²) in [5.41, 5.74) is 0. The zero-order chi connectivity index (χ0) is 12.8. The third-order valence-electron chi connectivity index (χ3n) is 2.85. The summed E-state index contributed by atoms with van der Waals surface area (Å²) >= 11 is 0. The van der Waals surface area contributed by atoms with Crippen LogP contribution in [0.5, 0.6) is 0 Å². The van der Waals surface area contributed by atoms with Gasteiger partial charge in [0.05, 0.1) is 6.61 Å². The highest BCUT2D eigenvalue weighted by atomic mass is 16.6. The quantitative estimate of drug-likeness (QED) is 0.803. The highest BCUT2D eigenvalue weighted by Crippen LogP contribution is 2.24. The Kier molecular flexibility index (Phi) is 5.25. The molecule has 98 valence electrons. The van der Waals surface area contributed by atoms with E-state index >= 15 is 0 Å². The number of carbonyl (C=O) groups excluding carboxylic acids is 1. The van der Waals surface area contributed by atoms with Gasteiger partial charge < -0.3 is 9.84 Å². The Morgan fingerprint density at radius 2 is 1.94 bits per heavy atom. The Labute approximate surface area is 102 Å². The van der Waals surface area contributed by atoms with Crippen molar-refractivity contribution >= 4 is 12.1 Å². The molecule has 1 aliphatic carbocycles. The summed E-state index contributed by atoms with van der Waals surface area (Å²) in [6.07, 6.45) is 3.37. The lowest BCUT2D eigenvalue weighted by atomic mass is 10.2. The van der Waals surface area contributed by atoms with Crippen molar-refractivity contribution < 1.29 is 19.4 Å². The molecule has 0 unspecified atom stereocenters. The molecule has 1 rings (SSSR count). The van der Waals surface area contributed by atoms with Gasteiger partial charge in [0.2, 0.25) is 0 Å². The largest absolute Gasteiger partial charge is 0.480 e. The molecular weight excluding hydrogens is 222 g/mol. The van der Waals surface area contributed by atoms with E-state index in [0.29, 0.717) is 6.61 Å². The second-order valence-electron chi connectivity index (χ2n) is 4.93. The second-order valence-corrected chi connectivity index (χ2v) is 4.93. The summed E-state index contributed by atoms with van der Waals surface area (Å²) in [6.45, 7) is 3.97. The molecule has 0 aromatic heterocycles. The first kappa shape index (κ1) is 13.8. The lowest BCUT2D eigenvalue weighted by Gasteiger charge is -2.26. The zero-order valence-corrected chi connectivity index (χ0v) is 10.5. The van der Waals surface area contributed by atoms with Crippen LogP contribution in [0.2, 0.25) is 0 Å². The number of aliphatic carboxylic acids is 1. The predicted molar refractivity (Wildman–Crippen MR) is 62.8 cm³/mol. The van der Waals surface area contributed by atoms with E-state index in [9.17, 15) is 9.59 Å². The highest BCUT2D eigenvalue weighted by Gasteiger charge is 2.29. The molecule has 5 nitrogen and oxygen atoms in total. The van der Waals surface area contributed by atoms with E-state index in [1.165, 1.54) is 4.90 Å². The van der Waals surface area contributed by atoms with E-state index in [4.69, 9.17) is 9.84 Å². The Morgan fingerprint density at radius 1 is 1.35 bits per heavy atom. The van der Waals surface area contributed by atoms with Gasteiger partial charge in [0, 0.05) is 6.04 Å². The van der Waals surface area contributed by atoms with Gasteiger partial charge in [-0.15, -0.1) is 0 Å². The monoisotopic (exact) mass is 243 g/mol. The topological polar surface area (TPSA) is 66.8 Å². The molecule has 5 heteroatoms. The van der Waals surface area contributed by atoms with Crippen LogP contribution >= 0.6 is 0 Å².